The minimum absolute atomic E-state index is 0.347. The normalized spacial score (nSPS) is 13.4. The van der Waals surface area contributed by atoms with Crippen LogP contribution < -0.4 is 0 Å². The summed E-state index contributed by atoms with van der Waals surface area (Å²) in [5.74, 6) is 0. The molecule has 0 aromatic heterocycles. The van der Waals surface area contributed by atoms with E-state index in [2.05, 4.69) is 13.2 Å². The largest absolute Gasteiger partial charge is 0.391 e. The third kappa shape index (κ3) is 21.5. The zero-order valence-corrected chi connectivity index (χ0v) is 17.8. The van der Waals surface area contributed by atoms with Gasteiger partial charge in [-0.05, 0) is 38.5 Å². The van der Waals surface area contributed by atoms with Crippen LogP contribution in [0.3, 0.4) is 0 Å². The van der Waals surface area contributed by atoms with E-state index in [4.69, 9.17) is 4.74 Å². The van der Waals surface area contributed by atoms with Gasteiger partial charge in [0.2, 0.25) is 0 Å². The summed E-state index contributed by atoms with van der Waals surface area (Å²) in [5.41, 5.74) is 0. The molecule has 0 aromatic rings. The third-order valence-corrected chi connectivity index (χ3v) is 5.01. The lowest BCUT2D eigenvalue weighted by Crippen LogP contribution is -2.21. The summed E-state index contributed by atoms with van der Waals surface area (Å²) >= 11 is 0. The van der Waals surface area contributed by atoms with Crippen molar-refractivity contribution in [1.82, 2.24) is 0 Å². The molecule has 27 heavy (non-hydrogen) atoms. The second kappa shape index (κ2) is 21.7. The van der Waals surface area contributed by atoms with Crippen molar-refractivity contribution in [3.63, 3.8) is 0 Å². The van der Waals surface area contributed by atoms with E-state index in [9.17, 15) is 10.2 Å². The first-order valence-electron chi connectivity index (χ1n) is 11.4. The molecule has 0 radical (unpaired) electrons. The van der Waals surface area contributed by atoms with Crippen LogP contribution in [-0.2, 0) is 4.74 Å². The van der Waals surface area contributed by atoms with Gasteiger partial charge in [0.15, 0.2) is 0 Å². The van der Waals surface area contributed by atoms with Crippen molar-refractivity contribution < 1.29 is 14.9 Å². The molecule has 0 spiro atoms. The van der Waals surface area contributed by atoms with Gasteiger partial charge in [0.1, 0.15) is 0 Å². The first kappa shape index (κ1) is 26.4. The smallest absolute Gasteiger partial charge is 0.0773 e. The average molecular weight is 383 g/mol. The first-order chi connectivity index (χ1) is 13.2. The molecule has 0 aliphatic heterocycles. The molecule has 0 bridgehead atoms. The maximum absolute atomic E-state index is 9.95. The summed E-state index contributed by atoms with van der Waals surface area (Å²) in [4.78, 5) is 0. The van der Waals surface area contributed by atoms with Crippen LogP contribution in [0.25, 0.3) is 0 Å². The molecule has 0 aliphatic carbocycles. The maximum Gasteiger partial charge on any atom is 0.0773 e. The Morgan fingerprint density at radius 2 is 0.889 bits per heavy atom. The minimum Gasteiger partial charge on any atom is -0.391 e. The first-order valence-corrected chi connectivity index (χ1v) is 11.4. The number of ether oxygens (including phenoxy) is 1. The Hall–Kier alpha value is -0.640. The second-order valence-corrected chi connectivity index (χ2v) is 7.82. The lowest BCUT2D eigenvalue weighted by atomic mass is 10.1. The fourth-order valence-corrected chi connectivity index (χ4v) is 3.26. The molecule has 0 heterocycles. The quantitative estimate of drug-likeness (QED) is 0.170. The molecular weight excluding hydrogens is 336 g/mol. The Kier molecular flexibility index (Phi) is 21.1. The molecule has 3 nitrogen and oxygen atoms in total. The molecule has 160 valence electrons. The summed E-state index contributed by atoms with van der Waals surface area (Å²) in [6.45, 7) is 8.17. The summed E-state index contributed by atoms with van der Waals surface area (Å²) < 4.78 is 5.48. The number of hydrogen-bond donors (Lipinski definition) is 2. The molecule has 0 aliphatic rings. The summed E-state index contributed by atoms with van der Waals surface area (Å²) in [5, 5.41) is 19.9. The Morgan fingerprint density at radius 3 is 1.26 bits per heavy atom. The Morgan fingerprint density at radius 1 is 0.556 bits per heavy atom. The topological polar surface area (TPSA) is 49.7 Å². The van der Waals surface area contributed by atoms with Crippen LogP contribution in [0.2, 0.25) is 0 Å². The van der Waals surface area contributed by atoms with Crippen LogP contribution in [0, 0.1) is 0 Å². The van der Waals surface area contributed by atoms with Crippen LogP contribution in [0.5, 0.6) is 0 Å². The van der Waals surface area contributed by atoms with Crippen LogP contribution in [0.15, 0.2) is 25.3 Å². The highest BCUT2D eigenvalue weighted by Crippen LogP contribution is 2.12. The molecule has 3 heteroatoms. The number of unbranched alkanes of at least 4 members (excludes halogenated alkanes) is 12. The summed E-state index contributed by atoms with van der Waals surface area (Å²) in [6, 6.07) is 0. The number of aliphatic hydroxyl groups is 2. The monoisotopic (exact) mass is 382 g/mol. The Bertz CT molecular complexity index is 287. The highest BCUT2D eigenvalue weighted by molar-refractivity contribution is 4.66. The van der Waals surface area contributed by atoms with E-state index in [1.807, 2.05) is 12.2 Å². The van der Waals surface area contributed by atoms with Gasteiger partial charge < -0.3 is 14.9 Å². The van der Waals surface area contributed by atoms with Gasteiger partial charge in [0.05, 0.1) is 25.4 Å². The predicted octanol–water partition coefficient (Wildman–Crippen LogP) is 6.34. The number of allylic oxidation sites excluding steroid dienone is 2. The van der Waals surface area contributed by atoms with Gasteiger partial charge in [-0.3, -0.25) is 0 Å². The molecular formula is C24H46O3. The molecule has 2 atom stereocenters. The van der Waals surface area contributed by atoms with Crippen molar-refractivity contribution >= 4 is 0 Å². The highest BCUT2D eigenvalue weighted by atomic mass is 16.5. The standard InChI is InChI=1S/C24H46O3/c1-3-5-7-9-11-13-15-17-19-23(25)21-27-22-24(26)20-18-16-14-12-10-8-6-4-2/h3-4,23-26H,1-2,5-22H2. The molecule has 0 aromatic carbocycles. The van der Waals surface area contributed by atoms with Gasteiger partial charge in [-0.1, -0.05) is 76.4 Å². The van der Waals surface area contributed by atoms with Crippen molar-refractivity contribution in [3.05, 3.63) is 25.3 Å². The fourth-order valence-electron chi connectivity index (χ4n) is 3.26. The SMILES string of the molecule is C=CCCCCCCCCC(O)COCC(O)CCCCCCCCC=C. The number of aliphatic hydroxyl groups excluding tert-OH is 2. The zero-order chi connectivity index (χ0) is 20.0. The number of rotatable bonds is 22. The molecule has 2 unspecified atom stereocenters. The average Bonchev–Trinajstić information content (AvgIpc) is 2.66. The van der Waals surface area contributed by atoms with Crippen LogP contribution >= 0.6 is 0 Å². The second-order valence-electron chi connectivity index (χ2n) is 7.82. The van der Waals surface area contributed by atoms with Crippen LogP contribution in [0.1, 0.15) is 103 Å². The van der Waals surface area contributed by atoms with Crippen molar-refractivity contribution in [2.24, 2.45) is 0 Å². The minimum atomic E-state index is -0.395. The van der Waals surface area contributed by atoms with Crippen molar-refractivity contribution in [3.8, 4) is 0 Å². The van der Waals surface area contributed by atoms with Gasteiger partial charge in [0.25, 0.3) is 0 Å². The highest BCUT2D eigenvalue weighted by Gasteiger charge is 2.08. The summed E-state index contributed by atoms with van der Waals surface area (Å²) in [7, 11) is 0. The van der Waals surface area contributed by atoms with Crippen molar-refractivity contribution in [2.75, 3.05) is 13.2 Å². The van der Waals surface area contributed by atoms with Gasteiger partial charge in [-0.2, -0.15) is 0 Å². The van der Waals surface area contributed by atoms with Gasteiger partial charge in [0, 0.05) is 0 Å². The molecule has 0 saturated carbocycles. The van der Waals surface area contributed by atoms with E-state index >= 15 is 0 Å². The van der Waals surface area contributed by atoms with E-state index in [0.29, 0.717) is 13.2 Å². The van der Waals surface area contributed by atoms with Crippen molar-refractivity contribution in [2.45, 2.75) is 115 Å². The maximum atomic E-state index is 9.95. The fraction of sp³-hybridized carbons (Fsp3) is 0.833. The molecule has 0 saturated heterocycles. The van der Waals surface area contributed by atoms with Gasteiger partial charge in [-0.25, -0.2) is 0 Å². The van der Waals surface area contributed by atoms with Crippen LogP contribution in [-0.4, -0.2) is 35.6 Å². The third-order valence-electron chi connectivity index (χ3n) is 5.01. The predicted molar refractivity (Wildman–Crippen MR) is 117 cm³/mol. The summed E-state index contributed by atoms with van der Waals surface area (Å²) in [6.07, 6.45) is 21.6. The Labute approximate surface area is 168 Å². The van der Waals surface area contributed by atoms with E-state index in [1.165, 1.54) is 64.2 Å². The van der Waals surface area contributed by atoms with E-state index in [0.717, 1.165) is 38.5 Å². The number of hydrogen-bond acceptors (Lipinski definition) is 3. The molecule has 0 amide bonds. The molecule has 2 N–H and O–H groups in total. The van der Waals surface area contributed by atoms with Gasteiger partial charge >= 0.3 is 0 Å². The molecule has 0 rings (SSSR count). The Balaban J connectivity index is 3.31. The lowest BCUT2D eigenvalue weighted by Gasteiger charge is -2.14. The molecule has 0 fully saturated rings. The van der Waals surface area contributed by atoms with E-state index < -0.39 is 12.2 Å². The van der Waals surface area contributed by atoms with E-state index in [-0.39, 0.29) is 0 Å². The van der Waals surface area contributed by atoms with Crippen molar-refractivity contribution in [1.29, 1.82) is 0 Å². The van der Waals surface area contributed by atoms with E-state index in [1.54, 1.807) is 0 Å². The lowest BCUT2D eigenvalue weighted by molar-refractivity contribution is -0.0129. The zero-order valence-electron chi connectivity index (χ0n) is 17.8. The van der Waals surface area contributed by atoms with Crippen LogP contribution in [0.4, 0.5) is 0 Å². The van der Waals surface area contributed by atoms with Gasteiger partial charge in [-0.15, -0.1) is 13.2 Å².